The highest BCUT2D eigenvalue weighted by Crippen LogP contribution is 2.38. The molecular weight excluding hydrogens is 217 g/mol. The topological polar surface area (TPSA) is 6.48 Å². The normalized spacial score (nSPS) is 32.9. The van der Waals surface area contributed by atoms with Gasteiger partial charge in [0.1, 0.15) is 5.54 Å². The Morgan fingerprint density at radius 3 is 2.44 bits per heavy atom. The summed E-state index contributed by atoms with van der Waals surface area (Å²) in [7, 11) is 0. The Kier molecular flexibility index (Phi) is 2.90. The lowest BCUT2D eigenvalue weighted by Gasteiger charge is -2.43. The summed E-state index contributed by atoms with van der Waals surface area (Å²) in [6.45, 7) is 0.946. The van der Waals surface area contributed by atoms with Crippen molar-refractivity contribution in [3.63, 3.8) is 0 Å². The molecule has 1 aromatic carbocycles. The quantitative estimate of drug-likeness (QED) is 0.540. The van der Waals surface area contributed by atoms with Crippen molar-refractivity contribution in [1.82, 2.24) is 10.2 Å². The molecule has 1 aromatic rings. The second-order valence-corrected chi connectivity index (χ2v) is 4.06. The Hall–Kier alpha value is -1.07. The maximum atomic E-state index is 13.8. The molecule has 0 bridgehead atoms. The summed E-state index contributed by atoms with van der Waals surface area (Å²) in [5.41, 5.74) is -1.17. The first-order valence-electron chi connectivity index (χ1n) is 5.12. The van der Waals surface area contributed by atoms with Gasteiger partial charge in [0.05, 0.1) is 0 Å². The minimum atomic E-state index is -2.01. The number of piperazine rings is 1. The number of rotatable bonds is 1. The van der Waals surface area contributed by atoms with Gasteiger partial charge in [-0.25, -0.2) is 4.39 Å². The second kappa shape index (κ2) is 4.07. The zero-order chi connectivity index (χ0) is 11.8. The van der Waals surface area contributed by atoms with Gasteiger partial charge >= 0.3 is 0 Å². The van der Waals surface area contributed by atoms with E-state index in [4.69, 9.17) is 0 Å². The van der Waals surface area contributed by atoms with Gasteiger partial charge in [0, 0.05) is 13.1 Å². The molecule has 0 spiro atoms. The Morgan fingerprint density at radius 1 is 1.19 bits per heavy atom. The number of hydrogen-bond donors (Lipinski definition) is 0. The number of halogens is 3. The molecule has 0 aliphatic carbocycles. The lowest BCUT2D eigenvalue weighted by Crippen LogP contribution is -2.58. The molecule has 1 saturated heterocycles. The average Bonchev–Trinajstić information content (AvgIpc) is 2.33. The zero-order valence-electron chi connectivity index (χ0n) is 8.91. The van der Waals surface area contributed by atoms with Crippen LogP contribution in [0.1, 0.15) is 12.5 Å². The summed E-state index contributed by atoms with van der Waals surface area (Å²) < 4.78 is 40.8. The molecule has 0 N–H and O–H groups in total. The molecule has 0 amide bonds. The first kappa shape index (κ1) is 11.4. The van der Waals surface area contributed by atoms with Crippen LogP contribution in [0, 0.1) is 0 Å². The highest BCUT2D eigenvalue weighted by atomic mass is 19.2. The van der Waals surface area contributed by atoms with E-state index in [2.05, 4.69) is 0 Å². The molecule has 0 radical (unpaired) electrons. The van der Waals surface area contributed by atoms with Crippen molar-refractivity contribution in [3.05, 3.63) is 35.9 Å². The van der Waals surface area contributed by atoms with E-state index < -0.39 is 11.8 Å². The minimum Gasteiger partial charge on any atom is -0.225 e. The lowest BCUT2D eigenvalue weighted by atomic mass is 9.89. The van der Waals surface area contributed by atoms with Crippen LogP contribution in [-0.4, -0.2) is 29.6 Å². The summed E-state index contributed by atoms with van der Waals surface area (Å²) >= 11 is 0. The zero-order valence-corrected chi connectivity index (χ0v) is 8.91. The van der Waals surface area contributed by atoms with Gasteiger partial charge in [-0.3, -0.25) is 0 Å². The maximum absolute atomic E-state index is 13.8. The molecule has 0 saturated carbocycles. The Morgan fingerprint density at radius 2 is 1.81 bits per heavy atom. The Bertz CT molecular complexity index is 360. The molecule has 2 rings (SSSR count). The third kappa shape index (κ3) is 1.60. The summed E-state index contributed by atoms with van der Waals surface area (Å²) in [6.07, 6.45) is -2.01. The molecule has 1 heterocycles. The fourth-order valence-electron chi connectivity index (χ4n) is 1.97. The SMILES string of the molecule is CC1(c2ccccc2)C(F)N(F)CCN1F. The van der Waals surface area contributed by atoms with Crippen LogP contribution in [0.5, 0.6) is 0 Å². The van der Waals surface area contributed by atoms with Crippen LogP contribution in [0.2, 0.25) is 0 Å². The highest BCUT2D eigenvalue weighted by Gasteiger charge is 2.49. The third-order valence-electron chi connectivity index (χ3n) is 3.08. The summed E-state index contributed by atoms with van der Waals surface area (Å²) in [5, 5.41) is 0.409. The first-order valence-corrected chi connectivity index (χ1v) is 5.12. The fourth-order valence-corrected chi connectivity index (χ4v) is 1.97. The number of benzene rings is 1. The molecule has 0 aromatic heterocycles. The molecule has 1 aliphatic rings. The minimum absolute atomic E-state index is 0.0447. The van der Waals surface area contributed by atoms with E-state index in [0.29, 0.717) is 10.7 Å². The predicted molar refractivity (Wildman–Crippen MR) is 54.3 cm³/mol. The van der Waals surface area contributed by atoms with Gasteiger partial charge < -0.3 is 0 Å². The van der Waals surface area contributed by atoms with Gasteiger partial charge in [0.25, 0.3) is 0 Å². The molecule has 2 nitrogen and oxygen atoms in total. The molecule has 16 heavy (non-hydrogen) atoms. The summed E-state index contributed by atoms with van der Waals surface area (Å²) in [6, 6.07) is 8.30. The molecular formula is C11H13F3N2. The van der Waals surface area contributed by atoms with Crippen molar-refractivity contribution in [2.45, 2.75) is 18.8 Å². The van der Waals surface area contributed by atoms with Gasteiger partial charge in [-0.05, 0) is 12.5 Å². The van der Waals surface area contributed by atoms with E-state index in [9.17, 15) is 13.4 Å². The molecule has 2 atom stereocenters. The standard InChI is InChI=1S/C11H13F3N2/c1-11(9-5-3-2-4-6-9)10(12)15(13)7-8-16(11)14/h2-6,10H,7-8H2,1H3. The number of nitrogens with zero attached hydrogens (tertiary/aromatic N) is 2. The van der Waals surface area contributed by atoms with Gasteiger partial charge in [-0.2, -0.15) is 0 Å². The summed E-state index contributed by atoms with van der Waals surface area (Å²) in [4.78, 5) is 0. The van der Waals surface area contributed by atoms with Gasteiger partial charge in [0.15, 0.2) is 0 Å². The lowest BCUT2D eigenvalue weighted by molar-refractivity contribution is -0.240. The van der Waals surface area contributed by atoms with Gasteiger partial charge in [0.2, 0.25) is 6.30 Å². The van der Waals surface area contributed by atoms with E-state index >= 15 is 0 Å². The van der Waals surface area contributed by atoms with Crippen molar-refractivity contribution in [2.24, 2.45) is 0 Å². The maximum Gasteiger partial charge on any atom is 0.204 e. The summed E-state index contributed by atoms with van der Waals surface area (Å²) in [5.74, 6) is 0. The average molecular weight is 230 g/mol. The van der Waals surface area contributed by atoms with Gasteiger partial charge in [-0.1, -0.05) is 30.3 Å². The van der Waals surface area contributed by atoms with E-state index in [0.717, 1.165) is 0 Å². The van der Waals surface area contributed by atoms with E-state index in [1.807, 2.05) is 0 Å². The number of alkyl halides is 1. The monoisotopic (exact) mass is 230 g/mol. The molecule has 1 aliphatic heterocycles. The predicted octanol–water partition coefficient (Wildman–Crippen LogP) is 2.58. The van der Waals surface area contributed by atoms with Crippen molar-refractivity contribution < 1.29 is 13.4 Å². The fraction of sp³-hybridized carbons (Fsp3) is 0.455. The van der Waals surface area contributed by atoms with E-state index in [-0.39, 0.29) is 18.2 Å². The molecule has 2 unspecified atom stereocenters. The Labute approximate surface area is 92.1 Å². The molecule has 88 valence electrons. The van der Waals surface area contributed by atoms with Crippen LogP contribution >= 0.6 is 0 Å². The van der Waals surface area contributed by atoms with Crippen LogP contribution in [0.25, 0.3) is 0 Å². The first-order chi connectivity index (χ1) is 7.56. The van der Waals surface area contributed by atoms with Crippen LogP contribution in [0.3, 0.4) is 0 Å². The van der Waals surface area contributed by atoms with Crippen LogP contribution in [-0.2, 0) is 5.54 Å². The third-order valence-corrected chi connectivity index (χ3v) is 3.08. The van der Waals surface area contributed by atoms with Crippen LogP contribution in [0.4, 0.5) is 13.4 Å². The molecule has 1 fully saturated rings. The van der Waals surface area contributed by atoms with E-state index in [1.165, 1.54) is 6.92 Å². The largest absolute Gasteiger partial charge is 0.225 e. The molecule has 5 heteroatoms. The van der Waals surface area contributed by atoms with Crippen molar-refractivity contribution in [2.75, 3.05) is 13.1 Å². The smallest absolute Gasteiger partial charge is 0.204 e. The highest BCUT2D eigenvalue weighted by molar-refractivity contribution is 5.25. The Balaban J connectivity index is 2.41. The van der Waals surface area contributed by atoms with Gasteiger partial charge in [-0.15, -0.1) is 19.2 Å². The van der Waals surface area contributed by atoms with Crippen molar-refractivity contribution in [3.8, 4) is 0 Å². The van der Waals surface area contributed by atoms with Crippen LogP contribution < -0.4 is 0 Å². The second-order valence-electron chi connectivity index (χ2n) is 4.06. The van der Waals surface area contributed by atoms with Crippen LogP contribution in [0.15, 0.2) is 30.3 Å². The number of hydrogen-bond acceptors (Lipinski definition) is 2. The van der Waals surface area contributed by atoms with E-state index in [1.54, 1.807) is 30.3 Å². The van der Waals surface area contributed by atoms with Crippen molar-refractivity contribution >= 4 is 0 Å². The van der Waals surface area contributed by atoms with Crippen molar-refractivity contribution in [1.29, 1.82) is 0 Å².